The van der Waals surface area contributed by atoms with Crippen molar-refractivity contribution >= 4 is 22.7 Å². The maximum Gasteiger partial charge on any atom is 0.0729 e. The second-order valence-corrected chi connectivity index (χ2v) is 4.91. The fourth-order valence-electron chi connectivity index (χ4n) is 3.21. The van der Waals surface area contributed by atoms with E-state index in [1.165, 1.54) is 27.9 Å². The predicted molar refractivity (Wildman–Crippen MR) is 75.9 cm³/mol. The van der Waals surface area contributed by atoms with Gasteiger partial charge in [0.25, 0.3) is 0 Å². The number of aromatic nitrogens is 1. The number of fused-ring (bicyclic) bond motifs is 3. The van der Waals surface area contributed by atoms with Crippen LogP contribution in [0.25, 0.3) is 22.7 Å². The van der Waals surface area contributed by atoms with Gasteiger partial charge in [0.1, 0.15) is 0 Å². The van der Waals surface area contributed by atoms with E-state index < -0.39 is 0 Å². The average Bonchev–Trinajstić information content (AvgIpc) is 2.77. The minimum absolute atomic E-state index is 1.03. The Morgan fingerprint density at radius 3 is 3.00 bits per heavy atom. The third-order valence-corrected chi connectivity index (χ3v) is 4.01. The van der Waals surface area contributed by atoms with Gasteiger partial charge in [0.15, 0.2) is 0 Å². The van der Waals surface area contributed by atoms with E-state index in [4.69, 9.17) is 0 Å². The molecule has 90 valence electrons. The van der Waals surface area contributed by atoms with E-state index in [2.05, 4.69) is 59.0 Å². The molecule has 0 spiro atoms. The molecule has 0 aliphatic carbocycles. The molecule has 0 saturated carbocycles. The SMILES string of the molecule is CCN1C=Cc2c3n(c4ccccc24)CCC=C31. The molecule has 3 heterocycles. The Kier molecular flexibility index (Phi) is 1.95. The predicted octanol–water partition coefficient (Wildman–Crippen LogP) is 3.69. The first-order valence-electron chi connectivity index (χ1n) is 6.66. The summed E-state index contributed by atoms with van der Waals surface area (Å²) < 4.78 is 2.48. The first kappa shape index (κ1) is 10.0. The number of para-hydroxylation sites is 1. The van der Waals surface area contributed by atoms with E-state index >= 15 is 0 Å². The van der Waals surface area contributed by atoms with Crippen LogP contribution in [0.2, 0.25) is 0 Å². The number of nitrogens with zero attached hydrogens (tertiary/aromatic N) is 2. The number of hydrogen-bond acceptors (Lipinski definition) is 1. The summed E-state index contributed by atoms with van der Waals surface area (Å²) in [6, 6.07) is 8.74. The molecular weight excluding hydrogens is 220 g/mol. The molecule has 0 unspecified atom stereocenters. The summed E-state index contributed by atoms with van der Waals surface area (Å²) in [6.45, 7) is 4.34. The summed E-state index contributed by atoms with van der Waals surface area (Å²) in [5, 5.41) is 1.38. The molecule has 0 saturated heterocycles. The van der Waals surface area contributed by atoms with Gasteiger partial charge in [-0.05, 0) is 25.5 Å². The van der Waals surface area contributed by atoms with Crippen LogP contribution in [0.4, 0.5) is 0 Å². The largest absolute Gasteiger partial charge is 0.347 e. The third kappa shape index (κ3) is 1.13. The zero-order valence-corrected chi connectivity index (χ0v) is 10.6. The van der Waals surface area contributed by atoms with Crippen molar-refractivity contribution in [2.75, 3.05) is 6.54 Å². The molecule has 4 rings (SSSR count). The van der Waals surface area contributed by atoms with Crippen molar-refractivity contribution in [3.05, 3.63) is 47.8 Å². The summed E-state index contributed by atoms with van der Waals surface area (Å²) in [4.78, 5) is 2.34. The highest BCUT2D eigenvalue weighted by Gasteiger charge is 2.25. The lowest BCUT2D eigenvalue weighted by atomic mass is 10.0. The Labute approximate surface area is 107 Å². The van der Waals surface area contributed by atoms with Crippen LogP contribution in [0.5, 0.6) is 0 Å². The lowest BCUT2D eigenvalue weighted by Gasteiger charge is -2.30. The van der Waals surface area contributed by atoms with E-state index in [1.807, 2.05) is 0 Å². The molecule has 0 radical (unpaired) electrons. The highest BCUT2D eigenvalue weighted by atomic mass is 15.2. The van der Waals surface area contributed by atoms with Crippen LogP contribution in [0.3, 0.4) is 0 Å². The Bertz CT molecular complexity index is 688. The summed E-state index contributed by atoms with van der Waals surface area (Å²) >= 11 is 0. The molecule has 2 aliphatic rings. The van der Waals surface area contributed by atoms with Crippen molar-refractivity contribution in [1.82, 2.24) is 9.47 Å². The molecule has 0 N–H and O–H groups in total. The molecule has 2 aromatic rings. The lowest BCUT2D eigenvalue weighted by Crippen LogP contribution is -2.22. The zero-order valence-electron chi connectivity index (χ0n) is 10.6. The summed E-state index contributed by atoms with van der Waals surface area (Å²) in [5.41, 5.74) is 5.56. The van der Waals surface area contributed by atoms with Crippen molar-refractivity contribution in [2.45, 2.75) is 19.9 Å². The first-order valence-corrected chi connectivity index (χ1v) is 6.66. The van der Waals surface area contributed by atoms with Gasteiger partial charge in [-0.1, -0.05) is 24.3 Å². The van der Waals surface area contributed by atoms with Gasteiger partial charge < -0.3 is 9.47 Å². The van der Waals surface area contributed by atoms with Gasteiger partial charge in [-0.15, -0.1) is 0 Å². The Balaban J connectivity index is 2.11. The normalized spacial score (nSPS) is 16.9. The van der Waals surface area contributed by atoms with Crippen molar-refractivity contribution in [1.29, 1.82) is 0 Å². The van der Waals surface area contributed by atoms with E-state index in [0.29, 0.717) is 0 Å². The summed E-state index contributed by atoms with van der Waals surface area (Å²) in [5.74, 6) is 0. The summed E-state index contributed by atoms with van der Waals surface area (Å²) in [6.07, 6.45) is 7.99. The second kappa shape index (κ2) is 3.52. The van der Waals surface area contributed by atoms with Crippen LogP contribution >= 0.6 is 0 Å². The molecule has 0 fully saturated rings. The van der Waals surface area contributed by atoms with Crippen molar-refractivity contribution < 1.29 is 0 Å². The molecule has 0 bridgehead atoms. The highest BCUT2D eigenvalue weighted by molar-refractivity contribution is 5.97. The van der Waals surface area contributed by atoms with E-state index in [-0.39, 0.29) is 0 Å². The lowest BCUT2D eigenvalue weighted by molar-refractivity contribution is 0.539. The van der Waals surface area contributed by atoms with Gasteiger partial charge >= 0.3 is 0 Å². The standard InChI is InChI=1S/C16H16N2/c1-2-17-11-9-13-12-6-3-4-7-14(12)18-10-5-8-15(17)16(13)18/h3-4,6-9,11H,2,5,10H2,1H3. The van der Waals surface area contributed by atoms with E-state index in [1.54, 1.807) is 0 Å². The van der Waals surface area contributed by atoms with E-state index in [9.17, 15) is 0 Å². The monoisotopic (exact) mass is 236 g/mol. The minimum Gasteiger partial charge on any atom is -0.347 e. The fourth-order valence-corrected chi connectivity index (χ4v) is 3.21. The van der Waals surface area contributed by atoms with Crippen molar-refractivity contribution in [3.63, 3.8) is 0 Å². The van der Waals surface area contributed by atoms with Crippen LogP contribution in [-0.4, -0.2) is 16.0 Å². The van der Waals surface area contributed by atoms with E-state index in [0.717, 1.165) is 19.5 Å². The van der Waals surface area contributed by atoms with Crippen molar-refractivity contribution in [3.8, 4) is 0 Å². The van der Waals surface area contributed by atoms with Gasteiger partial charge in [-0.3, -0.25) is 0 Å². The fraction of sp³-hybridized carbons (Fsp3) is 0.250. The maximum atomic E-state index is 2.48. The number of allylic oxidation sites excluding steroid dienone is 1. The maximum absolute atomic E-state index is 2.48. The van der Waals surface area contributed by atoms with Gasteiger partial charge in [0, 0.05) is 35.8 Å². The number of rotatable bonds is 1. The Morgan fingerprint density at radius 2 is 2.11 bits per heavy atom. The van der Waals surface area contributed by atoms with Gasteiger partial charge in [0.2, 0.25) is 0 Å². The van der Waals surface area contributed by atoms with Crippen LogP contribution in [0, 0.1) is 0 Å². The van der Waals surface area contributed by atoms with Crippen LogP contribution in [-0.2, 0) is 6.54 Å². The number of hydrogen-bond donors (Lipinski definition) is 0. The number of aryl methyl sites for hydroxylation is 1. The molecule has 0 atom stereocenters. The van der Waals surface area contributed by atoms with Crippen LogP contribution in [0.15, 0.2) is 36.5 Å². The smallest absolute Gasteiger partial charge is 0.0729 e. The molecule has 1 aromatic heterocycles. The molecule has 18 heavy (non-hydrogen) atoms. The quantitative estimate of drug-likeness (QED) is 0.733. The molecule has 2 nitrogen and oxygen atoms in total. The topological polar surface area (TPSA) is 8.17 Å². The minimum atomic E-state index is 1.03. The second-order valence-electron chi connectivity index (χ2n) is 4.91. The van der Waals surface area contributed by atoms with Crippen LogP contribution < -0.4 is 0 Å². The molecule has 0 amide bonds. The van der Waals surface area contributed by atoms with Gasteiger partial charge in [-0.25, -0.2) is 0 Å². The zero-order chi connectivity index (χ0) is 12.1. The summed E-state index contributed by atoms with van der Waals surface area (Å²) in [7, 11) is 0. The molecule has 2 heteroatoms. The van der Waals surface area contributed by atoms with Crippen molar-refractivity contribution in [2.24, 2.45) is 0 Å². The number of benzene rings is 1. The van der Waals surface area contributed by atoms with Gasteiger partial charge in [0.05, 0.1) is 11.4 Å². The molecular formula is C16H16N2. The van der Waals surface area contributed by atoms with Crippen LogP contribution in [0.1, 0.15) is 24.6 Å². The molecule has 1 aromatic carbocycles. The Hall–Kier alpha value is -1.96. The average molecular weight is 236 g/mol. The third-order valence-electron chi connectivity index (χ3n) is 4.01. The Morgan fingerprint density at radius 1 is 1.22 bits per heavy atom. The van der Waals surface area contributed by atoms with Gasteiger partial charge in [-0.2, -0.15) is 0 Å². The highest BCUT2D eigenvalue weighted by Crippen LogP contribution is 2.39. The first-order chi connectivity index (χ1) is 8.90. The molecule has 2 aliphatic heterocycles.